The molecule has 0 N–H and O–H groups in total. The first-order valence-corrected chi connectivity index (χ1v) is 5.71. The van der Waals surface area contributed by atoms with Crippen molar-refractivity contribution in [1.82, 2.24) is 9.55 Å². The lowest BCUT2D eigenvalue weighted by atomic mass is 9.88. The summed E-state index contributed by atoms with van der Waals surface area (Å²) in [6.45, 7) is 0. The van der Waals surface area contributed by atoms with Gasteiger partial charge in [-0.3, -0.25) is 0 Å². The number of benzene rings is 1. The summed E-state index contributed by atoms with van der Waals surface area (Å²) < 4.78 is 40.0. The van der Waals surface area contributed by atoms with E-state index in [9.17, 15) is 13.2 Å². The van der Waals surface area contributed by atoms with Crippen LogP contribution in [0.2, 0.25) is 0 Å². The van der Waals surface area contributed by atoms with Crippen molar-refractivity contribution in [1.29, 1.82) is 0 Å². The number of hydrogen-bond donors (Lipinski definition) is 0. The topological polar surface area (TPSA) is 17.8 Å². The summed E-state index contributed by atoms with van der Waals surface area (Å²) in [5, 5.41) is 0. The van der Waals surface area contributed by atoms with Crippen LogP contribution < -0.4 is 0 Å². The molecule has 0 unspecified atom stereocenters. The van der Waals surface area contributed by atoms with Crippen LogP contribution in [0.25, 0.3) is 11.3 Å². The predicted octanol–water partition coefficient (Wildman–Crippen LogP) is 3.66. The van der Waals surface area contributed by atoms with E-state index in [0.29, 0.717) is 5.69 Å². The molecule has 1 aliphatic rings. The summed E-state index contributed by atoms with van der Waals surface area (Å²) in [6, 6.07) is 5.77. The maximum absolute atomic E-state index is 12.8. The molecule has 0 aliphatic heterocycles. The molecular formula is C13H11F3N2. The molecule has 1 aromatic carbocycles. The van der Waals surface area contributed by atoms with Gasteiger partial charge in [0.1, 0.15) is 5.82 Å². The highest BCUT2D eigenvalue weighted by molar-refractivity contribution is 5.57. The van der Waals surface area contributed by atoms with Crippen LogP contribution in [0.5, 0.6) is 0 Å². The normalized spacial score (nSPS) is 18.6. The van der Waals surface area contributed by atoms with Crippen LogP contribution in [-0.2, 0) is 0 Å². The average molecular weight is 252 g/mol. The van der Waals surface area contributed by atoms with E-state index in [1.165, 1.54) is 12.1 Å². The third kappa shape index (κ3) is 2.00. The van der Waals surface area contributed by atoms with Crippen molar-refractivity contribution in [2.24, 2.45) is 0 Å². The van der Waals surface area contributed by atoms with Crippen molar-refractivity contribution in [3.05, 3.63) is 42.6 Å². The molecule has 1 heterocycles. The molecule has 1 fully saturated rings. The van der Waals surface area contributed by atoms with Crippen molar-refractivity contribution in [3.8, 4) is 11.3 Å². The Bertz CT molecular complexity index is 552. The van der Waals surface area contributed by atoms with Crippen LogP contribution in [0.15, 0.2) is 36.8 Å². The van der Waals surface area contributed by atoms with E-state index >= 15 is 0 Å². The number of rotatable bonds is 2. The Hall–Kier alpha value is -1.78. The monoisotopic (exact) mass is 252 g/mol. The molecule has 2 nitrogen and oxygen atoms in total. The molecule has 18 heavy (non-hydrogen) atoms. The van der Waals surface area contributed by atoms with Crippen LogP contribution in [0, 0.1) is 5.82 Å². The first-order chi connectivity index (χ1) is 8.53. The van der Waals surface area contributed by atoms with Crippen molar-refractivity contribution in [2.45, 2.75) is 24.8 Å². The number of nitrogens with zero attached hydrogens (tertiary/aromatic N) is 2. The minimum Gasteiger partial charge on any atom is -0.333 e. The van der Waals surface area contributed by atoms with E-state index in [0.717, 1.165) is 5.56 Å². The molecule has 0 radical (unpaired) electrons. The lowest BCUT2D eigenvalue weighted by Gasteiger charge is -2.35. The van der Waals surface area contributed by atoms with Gasteiger partial charge in [0.15, 0.2) is 0 Å². The first-order valence-electron chi connectivity index (χ1n) is 5.71. The Morgan fingerprint density at radius 1 is 1.17 bits per heavy atom. The molecular weight excluding hydrogens is 241 g/mol. The molecule has 94 valence electrons. The summed E-state index contributed by atoms with van der Waals surface area (Å²) in [5.74, 6) is -2.85. The Labute approximate surface area is 102 Å². The molecule has 2 aromatic rings. The Kier molecular flexibility index (Phi) is 2.43. The van der Waals surface area contributed by atoms with Gasteiger partial charge in [0.25, 0.3) is 5.92 Å². The second-order valence-corrected chi connectivity index (χ2v) is 4.63. The smallest absolute Gasteiger partial charge is 0.252 e. The maximum atomic E-state index is 12.8. The summed E-state index contributed by atoms with van der Waals surface area (Å²) in [6.07, 6.45) is 3.02. The zero-order valence-electron chi connectivity index (χ0n) is 9.48. The quantitative estimate of drug-likeness (QED) is 0.797. The van der Waals surface area contributed by atoms with Gasteiger partial charge in [-0.1, -0.05) is 0 Å². The average Bonchev–Trinajstić information content (AvgIpc) is 2.76. The standard InChI is InChI=1S/C13H11F3N2/c14-10-3-1-9(2-4-10)12-7-18(8-17-12)11-5-13(15,16)6-11/h1-4,7-8,11H,5-6H2. The maximum Gasteiger partial charge on any atom is 0.252 e. The SMILES string of the molecule is Fc1ccc(-c2cn(C3CC(F)(F)C3)cn2)cc1. The highest BCUT2D eigenvalue weighted by atomic mass is 19.3. The van der Waals surface area contributed by atoms with Gasteiger partial charge < -0.3 is 4.57 Å². The van der Waals surface area contributed by atoms with Crippen molar-refractivity contribution >= 4 is 0 Å². The van der Waals surface area contributed by atoms with Crippen molar-refractivity contribution in [3.63, 3.8) is 0 Å². The highest BCUT2D eigenvalue weighted by Gasteiger charge is 2.46. The van der Waals surface area contributed by atoms with Gasteiger partial charge in [-0.25, -0.2) is 18.2 Å². The van der Waals surface area contributed by atoms with Crippen LogP contribution in [0.3, 0.4) is 0 Å². The third-order valence-corrected chi connectivity index (χ3v) is 3.23. The minimum atomic E-state index is -2.54. The van der Waals surface area contributed by atoms with Crippen LogP contribution in [0.4, 0.5) is 13.2 Å². The minimum absolute atomic E-state index is 0.133. The molecule has 1 aliphatic carbocycles. The van der Waals surface area contributed by atoms with Crippen molar-refractivity contribution < 1.29 is 13.2 Å². The molecule has 0 bridgehead atoms. The Morgan fingerprint density at radius 3 is 2.44 bits per heavy atom. The zero-order valence-corrected chi connectivity index (χ0v) is 9.48. The van der Waals surface area contributed by atoms with Gasteiger partial charge in [0, 0.05) is 30.6 Å². The van der Waals surface area contributed by atoms with E-state index in [1.54, 1.807) is 29.2 Å². The van der Waals surface area contributed by atoms with E-state index in [1.807, 2.05) is 0 Å². The van der Waals surface area contributed by atoms with Crippen LogP contribution in [-0.4, -0.2) is 15.5 Å². The zero-order chi connectivity index (χ0) is 12.8. The van der Waals surface area contributed by atoms with Gasteiger partial charge >= 0.3 is 0 Å². The number of hydrogen-bond acceptors (Lipinski definition) is 1. The summed E-state index contributed by atoms with van der Waals surface area (Å²) in [4.78, 5) is 4.16. The van der Waals surface area contributed by atoms with Crippen LogP contribution in [0.1, 0.15) is 18.9 Å². The second kappa shape index (κ2) is 3.86. The summed E-state index contributed by atoms with van der Waals surface area (Å²) in [7, 11) is 0. The lowest BCUT2D eigenvalue weighted by Crippen LogP contribution is -2.36. The highest BCUT2D eigenvalue weighted by Crippen LogP contribution is 2.45. The van der Waals surface area contributed by atoms with E-state index < -0.39 is 5.92 Å². The van der Waals surface area contributed by atoms with E-state index in [4.69, 9.17) is 0 Å². The van der Waals surface area contributed by atoms with E-state index in [-0.39, 0.29) is 24.7 Å². The fourth-order valence-electron chi connectivity index (χ4n) is 2.15. The van der Waals surface area contributed by atoms with Gasteiger partial charge in [0.05, 0.1) is 12.0 Å². The van der Waals surface area contributed by atoms with Gasteiger partial charge in [-0.15, -0.1) is 0 Å². The fraction of sp³-hybridized carbons (Fsp3) is 0.308. The number of alkyl halides is 2. The molecule has 1 saturated carbocycles. The lowest BCUT2D eigenvalue weighted by molar-refractivity contribution is -0.104. The molecule has 3 rings (SSSR count). The predicted molar refractivity (Wildman–Crippen MR) is 60.8 cm³/mol. The van der Waals surface area contributed by atoms with Gasteiger partial charge in [-0.05, 0) is 24.3 Å². The summed E-state index contributed by atoms with van der Waals surface area (Å²) in [5.41, 5.74) is 1.45. The second-order valence-electron chi connectivity index (χ2n) is 4.63. The fourth-order valence-corrected chi connectivity index (χ4v) is 2.15. The molecule has 0 amide bonds. The number of halogens is 3. The van der Waals surface area contributed by atoms with Crippen LogP contribution >= 0.6 is 0 Å². The van der Waals surface area contributed by atoms with E-state index in [2.05, 4.69) is 4.98 Å². The molecule has 0 spiro atoms. The molecule has 0 saturated heterocycles. The molecule has 0 atom stereocenters. The Morgan fingerprint density at radius 2 is 1.83 bits per heavy atom. The Balaban J connectivity index is 1.80. The van der Waals surface area contributed by atoms with Crippen molar-refractivity contribution in [2.75, 3.05) is 0 Å². The van der Waals surface area contributed by atoms with Gasteiger partial charge in [-0.2, -0.15) is 0 Å². The van der Waals surface area contributed by atoms with Gasteiger partial charge in [0.2, 0.25) is 0 Å². The molecule has 5 heteroatoms. The third-order valence-electron chi connectivity index (χ3n) is 3.23. The first kappa shape index (κ1) is 11.3. The summed E-state index contributed by atoms with van der Waals surface area (Å²) >= 11 is 0. The number of aromatic nitrogens is 2. The largest absolute Gasteiger partial charge is 0.333 e. The molecule has 1 aromatic heterocycles. The number of imidazole rings is 1.